The number of hydrogen-bond acceptors (Lipinski definition) is 2. The van der Waals surface area contributed by atoms with Crippen LogP contribution >= 0.6 is 0 Å². The summed E-state index contributed by atoms with van der Waals surface area (Å²) in [4.78, 5) is 21.7. The number of Topliss-reactive ketones (excluding diaryl/α,β-unsaturated/α-hetero) is 1. The van der Waals surface area contributed by atoms with Crippen molar-refractivity contribution < 1.29 is 22.8 Å². The second-order valence-electron chi connectivity index (χ2n) is 3.45. The summed E-state index contributed by atoms with van der Waals surface area (Å²) in [6.07, 6.45) is -4.59. The maximum atomic E-state index is 12.7. The number of aryl methyl sites for hydroxylation is 1. The van der Waals surface area contributed by atoms with Crippen LogP contribution in [0.15, 0.2) is 12.1 Å². The molecule has 0 bridgehead atoms. The Bertz CT molecular complexity index is 447. The molecule has 5 heteroatoms. The molecular weight excluding hydrogens is 221 g/mol. The van der Waals surface area contributed by atoms with E-state index in [4.69, 9.17) is 0 Å². The first-order chi connectivity index (χ1) is 7.27. The predicted octanol–water partition coefficient (Wildman–Crippen LogP) is 3.03. The number of benzene rings is 1. The summed E-state index contributed by atoms with van der Waals surface area (Å²) >= 11 is 0. The smallest absolute Gasteiger partial charge is 0.298 e. The molecule has 1 rings (SSSR count). The lowest BCUT2D eigenvalue weighted by Crippen LogP contribution is -2.15. The number of alkyl halides is 3. The summed E-state index contributed by atoms with van der Waals surface area (Å²) in [5, 5.41) is 0. The van der Waals surface area contributed by atoms with Crippen molar-refractivity contribution in [1.29, 1.82) is 0 Å². The van der Waals surface area contributed by atoms with Crippen LogP contribution in [0.5, 0.6) is 0 Å². The lowest BCUT2D eigenvalue weighted by atomic mass is 9.96. The van der Waals surface area contributed by atoms with Gasteiger partial charge in [-0.3, -0.25) is 9.59 Å². The summed E-state index contributed by atoms with van der Waals surface area (Å²) < 4.78 is 38.0. The van der Waals surface area contributed by atoms with Crippen LogP contribution in [0.3, 0.4) is 0 Å². The molecule has 0 N–H and O–H groups in total. The van der Waals surface area contributed by atoms with E-state index in [1.54, 1.807) is 0 Å². The van der Waals surface area contributed by atoms with E-state index >= 15 is 0 Å². The van der Waals surface area contributed by atoms with Gasteiger partial charge >= 0.3 is 6.18 Å². The zero-order chi connectivity index (χ0) is 12.5. The Balaban J connectivity index is 3.65. The van der Waals surface area contributed by atoms with Crippen LogP contribution < -0.4 is 0 Å². The zero-order valence-electron chi connectivity index (χ0n) is 8.68. The van der Waals surface area contributed by atoms with Crippen LogP contribution in [0.25, 0.3) is 0 Å². The number of hydrogen-bond donors (Lipinski definition) is 0. The van der Waals surface area contributed by atoms with Crippen molar-refractivity contribution in [1.82, 2.24) is 0 Å². The average Bonchev–Trinajstić information content (AvgIpc) is 2.14. The van der Waals surface area contributed by atoms with E-state index in [0.29, 0.717) is 5.56 Å². The molecule has 0 heterocycles. The number of ketones is 1. The highest BCUT2D eigenvalue weighted by Gasteiger charge is 2.37. The van der Waals surface area contributed by atoms with Crippen LogP contribution in [0.1, 0.15) is 38.8 Å². The fraction of sp³-hybridized carbons (Fsp3) is 0.273. The SMILES string of the molecule is CC(=O)c1cc(C)cc(C=O)c1C(F)(F)F. The molecule has 0 saturated carbocycles. The minimum atomic E-state index is -4.70. The second-order valence-corrected chi connectivity index (χ2v) is 3.45. The third-order valence-electron chi connectivity index (χ3n) is 2.10. The summed E-state index contributed by atoms with van der Waals surface area (Å²) in [5.41, 5.74) is -1.67. The molecule has 86 valence electrons. The van der Waals surface area contributed by atoms with Gasteiger partial charge in [-0.05, 0) is 31.5 Å². The van der Waals surface area contributed by atoms with E-state index in [1.165, 1.54) is 6.92 Å². The molecule has 2 nitrogen and oxygen atoms in total. The van der Waals surface area contributed by atoms with Crippen molar-refractivity contribution in [3.8, 4) is 0 Å². The lowest BCUT2D eigenvalue weighted by Gasteiger charge is -2.14. The van der Waals surface area contributed by atoms with Crippen molar-refractivity contribution in [3.63, 3.8) is 0 Å². The molecule has 0 fully saturated rings. The van der Waals surface area contributed by atoms with Gasteiger partial charge in [-0.2, -0.15) is 13.2 Å². The van der Waals surface area contributed by atoms with Gasteiger partial charge in [0.2, 0.25) is 0 Å². The minimum absolute atomic E-state index is 0.113. The van der Waals surface area contributed by atoms with Gasteiger partial charge in [-0.15, -0.1) is 0 Å². The first-order valence-electron chi connectivity index (χ1n) is 4.45. The summed E-state index contributed by atoms with van der Waals surface area (Å²) in [6.45, 7) is 2.57. The molecule has 1 aromatic carbocycles. The van der Waals surface area contributed by atoms with Crippen molar-refractivity contribution in [2.24, 2.45) is 0 Å². The summed E-state index contributed by atoms with van der Waals surface area (Å²) in [7, 11) is 0. The monoisotopic (exact) mass is 230 g/mol. The van der Waals surface area contributed by atoms with Gasteiger partial charge in [0.1, 0.15) is 0 Å². The number of carbonyl (C=O) groups excluding carboxylic acids is 2. The molecule has 16 heavy (non-hydrogen) atoms. The molecule has 0 atom stereocenters. The molecule has 0 radical (unpaired) electrons. The van der Waals surface area contributed by atoms with Gasteiger partial charge < -0.3 is 0 Å². The maximum absolute atomic E-state index is 12.7. The average molecular weight is 230 g/mol. The lowest BCUT2D eigenvalue weighted by molar-refractivity contribution is -0.138. The molecular formula is C11H9F3O2. The minimum Gasteiger partial charge on any atom is -0.298 e. The van der Waals surface area contributed by atoms with Gasteiger partial charge in [-0.1, -0.05) is 0 Å². The Morgan fingerprint density at radius 1 is 1.31 bits per heavy atom. The molecule has 1 aromatic rings. The van der Waals surface area contributed by atoms with Gasteiger partial charge in [0, 0.05) is 11.1 Å². The molecule has 0 spiro atoms. The standard InChI is InChI=1S/C11H9F3O2/c1-6-3-8(5-15)10(11(12,13)14)9(4-6)7(2)16/h3-5H,1-2H3. The van der Waals surface area contributed by atoms with E-state index in [9.17, 15) is 22.8 Å². The predicted molar refractivity (Wildman–Crippen MR) is 51.6 cm³/mol. The number of aldehydes is 1. The van der Waals surface area contributed by atoms with Gasteiger partial charge in [0.05, 0.1) is 5.56 Å². The van der Waals surface area contributed by atoms with Crippen LogP contribution in [0.2, 0.25) is 0 Å². The van der Waals surface area contributed by atoms with Crippen LogP contribution in [-0.2, 0) is 6.18 Å². The largest absolute Gasteiger partial charge is 0.417 e. The van der Waals surface area contributed by atoms with Crippen molar-refractivity contribution >= 4 is 12.1 Å². The molecule has 0 aliphatic heterocycles. The van der Waals surface area contributed by atoms with Crippen molar-refractivity contribution in [2.75, 3.05) is 0 Å². The fourth-order valence-corrected chi connectivity index (χ4v) is 1.50. The van der Waals surface area contributed by atoms with E-state index in [-0.39, 0.29) is 6.29 Å². The Morgan fingerprint density at radius 3 is 2.25 bits per heavy atom. The molecule has 0 amide bonds. The zero-order valence-corrected chi connectivity index (χ0v) is 8.68. The Hall–Kier alpha value is -1.65. The Labute approximate surface area is 90.1 Å². The molecule has 0 unspecified atom stereocenters. The Morgan fingerprint density at radius 2 is 1.88 bits per heavy atom. The Kier molecular flexibility index (Phi) is 3.16. The van der Waals surface area contributed by atoms with Gasteiger partial charge in [-0.25, -0.2) is 0 Å². The van der Waals surface area contributed by atoms with E-state index < -0.39 is 28.6 Å². The van der Waals surface area contributed by atoms with E-state index in [2.05, 4.69) is 0 Å². The third kappa shape index (κ3) is 2.29. The first kappa shape index (κ1) is 12.4. The maximum Gasteiger partial charge on any atom is 0.417 e. The topological polar surface area (TPSA) is 34.1 Å². The highest BCUT2D eigenvalue weighted by atomic mass is 19.4. The van der Waals surface area contributed by atoms with E-state index in [0.717, 1.165) is 19.1 Å². The highest BCUT2D eigenvalue weighted by molar-refractivity contribution is 5.98. The fourth-order valence-electron chi connectivity index (χ4n) is 1.50. The number of carbonyl (C=O) groups is 2. The molecule has 0 aliphatic carbocycles. The van der Waals surface area contributed by atoms with E-state index in [1.807, 2.05) is 0 Å². The quantitative estimate of drug-likeness (QED) is 0.578. The number of rotatable bonds is 2. The first-order valence-corrected chi connectivity index (χ1v) is 4.45. The summed E-state index contributed by atoms with van der Waals surface area (Å²) in [6, 6.07) is 2.25. The normalized spacial score (nSPS) is 11.3. The van der Waals surface area contributed by atoms with Crippen LogP contribution in [-0.4, -0.2) is 12.1 Å². The summed E-state index contributed by atoms with van der Waals surface area (Å²) in [5.74, 6) is -0.709. The van der Waals surface area contributed by atoms with Crippen LogP contribution in [0, 0.1) is 6.92 Å². The molecule has 0 saturated heterocycles. The van der Waals surface area contributed by atoms with Crippen molar-refractivity contribution in [3.05, 3.63) is 34.4 Å². The second kappa shape index (κ2) is 4.08. The van der Waals surface area contributed by atoms with Crippen molar-refractivity contribution in [2.45, 2.75) is 20.0 Å². The molecule has 0 aromatic heterocycles. The van der Waals surface area contributed by atoms with Crippen LogP contribution in [0.4, 0.5) is 13.2 Å². The third-order valence-corrected chi connectivity index (χ3v) is 2.10. The van der Waals surface area contributed by atoms with Gasteiger partial charge in [0.15, 0.2) is 12.1 Å². The van der Waals surface area contributed by atoms with Gasteiger partial charge in [0.25, 0.3) is 0 Å². The highest BCUT2D eigenvalue weighted by Crippen LogP contribution is 2.35. The number of halogens is 3. The molecule has 0 aliphatic rings.